The Bertz CT molecular complexity index is 589. The van der Waals surface area contributed by atoms with E-state index in [1.165, 1.54) is 0 Å². The minimum Gasteiger partial charge on any atom is -0.444 e. The zero-order chi connectivity index (χ0) is 20.3. The van der Waals surface area contributed by atoms with Crippen LogP contribution in [0.3, 0.4) is 0 Å². The van der Waals surface area contributed by atoms with E-state index in [2.05, 4.69) is 0 Å². The molecule has 0 aromatic carbocycles. The van der Waals surface area contributed by atoms with Gasteiger partial charge in [0.15, 0.2) is 0 Å². The number of amides is 3. The molecule has 3 heterocycles. The minimum absolute atomic E-state index is 0.0559. The topological polar surface area (TPSA) is 79.4 Å². The van der Waals surface area contributed by atoms with Crippen LogP contribution >= 0.6 is 0 Å². The van der Waals surface area contributed by atoms with Crippen LogP contribution in [0.2, 0.25) is 0 Å². The van der Waals surface area contributed by atoms with Crippen LogP contribution in [0.1, 0.15) is 46.5 Å². The number of carbonyl (C=O) groups excluding carboxylic acids is 3. The molecule has 0 aliphatic carbocycles. The number of carbonyl (C=O) groups is 3. The molecule has 3 saturated heterocycles. The first kappa shape index (κ1) is 20.9. The summed E-state index contributed by atoms with van der Waals surface area (Å²) < 4.78 is 10.7. The van der Waals surface area contributed by atoms with Crippen LogP contribution in [0.15, 0.2) is 0 Å². The molecular formula is C20H33N3O5. The number of nitrogens with zero attached hydrogens (tertiary/aromatic N) is 3. The summed E-state index contributed by atoms with van der Waals surface area (Å²) in [4.78, 5) is 43.5. The fraction of sp³-hybridized carbons (Fsp3) is 0.850. The molecule has 3 rings (SSSR count). The van der Waals surface area contributed by atoms with Crippen LogP contribution in [0, 0.1) is 5.92 Å². The summed E-state index contributed by atoms with van der Waals surface area (Å²) in [5.41, 5.74) is -0.521. The molecule has 3 fully saturated rings. The van der Waals surface area contributed by atoms with Gasteiger partial charge in [0.05, 0.1) is 13.2 Å². The minimum atomic E-state index is -0.521. The van der Waals surface area contributed by atoms with E-state index in [4.69, 9.17) is 9.47 Å². The van der Waals surface area contributed by atoms with Crippen LogP contribution in [-0.4, -0.2) is 90.2 Å². The second-order valence-corrected chi connectivity index (χ2v) is 8.87. The number of hydrogen-bond donors (Lipinski definition) is 0. The maximum Gasteiger partial charge on any atom is 0.410 e. The van der Waals surface area contributed by atoms with Gasteiger partial charge in [-0.2, -0.15) is 0 Å². The summed E-state index contributed by atoms with van der Waals surface area (Å²) in [5, 5.41) is 0. The van der Waals surface area contributed by atoms with Gasteiger partial charge in [0.1, 0.15) is 11.6 Å². The van der Waals surface area contributed by atoms with Crippen LogP contribution in [-0.2, 0) is 19.1 Å². The molecule has 1 unspecified atom stereocenters. The summed E-state index contributed by atoms with van der Waals surface area (Å²) in [6.45, 7) is 9.55. The van der Waals surface area contributed by atoms with E-state index in [9.17, 15) is 14.4 Å². The number of morpholine rings is 1. The van der Waals surface area contributed by atoms with Crippen LogP contribution in [0.4, 0.5) is 4.79 Å². The average molecular weight is 396 g/mol. The van der Waals surface area contributed by atoms with E-state index in [0.717, 1.165) is 12.8 Å². The zero-order valence-electron chi connectivity index (χ0n) is 17.3. The fourth-order valence-electron chi connectivity index (χ4n) is 4.15. The molecule has 3 amide bonds. The van der Waals surface area contributed by atoms with Gasteiger partial charge in [-0.05, 0) is 46.5 Å². The third-order valence-corrected chi connectivity index (χ3v) is 5.64. The Morgan fingerprint density at radius 1 is 0.857 bits per heavy atom. The number of likely N-dealkylation sites (tertiary alicyclic amines) is 2. The Morgan fingerprint density at radius 2 is 1.50 bits per heavy atom. The maximum atomic E-state index is 13.1. The van der Waals surface area contributed by atoms with Gasteiger partial charge in [-0.25, -0.2) is 4.79 Å². The Kier molecular flexibility index (Phi) is 6.47. The highest BCUT2D eigenvalue weighted by Gasteiger charge is 2.40. The Morgan fingerprint density at radius 3 is 2.11 bits per heavy atom. The standard InChI is InChI=1S/C20H33N3O5/c1-20(2,3)28-19(26)22-9-6-15(7-10-22)17(24)23-8-4-5-16(23)18(25)21-11-13-27-14-12-21/h15-16H,4-14H2,1-3H3. The Hall–Kier alpha value is -1.83. The second kappa shape index (κ2) is 8.68. The van der Waals surface area contributed by atoms with Gasteiger partial charge in [0, 0.05) is 38.6 Å². The largest absolute Gasteiger partial charge is 0.444 e. The first-order valence-corrected chi connectivity index (χ1v) is 10.4. The highest BCUT2D eigenvalue weighted by molar-refractivity contribution is 5.89. The first-order valence-electron chi connectivity index (χ1n) is 10.4. The van der Waals surface area contributed by atoms with Crippen LogP contribution in [0.25, 0.3) is 0 Å². The third kappa shape index (κ3) is 4.96. The lowest BCUT2D eigenvalue weighted by atomic mass is 9.95. The second-order valence-electron chi connectivity index (χ2n) is 8.87. The number of ether oxygens (including phenoxy) is 2. The molecular weight excluding hydrogens is 362 g/mol. The molecule has 0 aromatic heterocycles. The molecule has 1 atom stereocenters. The van der Waals surface area contributed by atoms with Crippen LogP contribution < -0.4 is 0 Å². The van der Waals surface area contributed by atoms with E-state index in [0.29, 0.717) is 58.8 Å². The van der Waals surface area contributed by atoms with Crippen molar-refractivity contribution in [3.05, 3.63) is 0 Å². The normalized spacial score (nSPS) is 24.4. The lowest BCUT2D eigenvalue weighted by Gasteiger charge is -2.36. The van der Waals surface area contributed by atoms with E-state index < -0.39 is 5.60 Å². The number of rotatable bonds is 2. The van der Waals surface area contributed by atoms with Crippen LogP contribution in [0.5, 0.6) is 0 Å². The third-order valence-electron chi connectivity index (χ3n) is 5.64. The molecule has 0 aromatic rings. The predicted octanol–water partition coefficient (Wildman–Crippen LogP) is 1.48. The van der Waals surface area contributed by atoms with Crippen molar-refractivity contribution >= 4 is 17.9 Å². The van der Waals surface area contributed by atoms with Crippen molar-refractivity contribution < 1.29 is 23.9 Å². The molecule has 0 spiro atoms. The van der Waals surface area contributed by atoms with Crippen molar-refractivity contribution in [2.45, 2.75) is 58.1 Å². The lowest BCUT2D eigenvalue weighted by molar-refractivity contribution is -0.149. The molecule has 3 aliphatic rings. The molecule has 0 saturated carbocycles. The highest BCUT2D eigenvalue weighted by atomic mass is 16.6. The van der Waals surface area contributed by atoms with Crippen molar-refractivity contribution in [2.24, 2.45) is 5.92 Å². The van der Waals surface area contributed by atoms with E-state index in [1.807, 2.05) is 25.7 Å². The van der Waals surface area contributed by atoms with Gasteiger partial charge in [0.25, 0.3) is 0 Å². The summed E-state index contributed by atoms with van der Waals surface area (Å²) in [5.74, 6) is -0.00920. The van der Waals surface area contributed by atoms with Gasteiger partial charge < -0.3 is 24.2 Å². The van der Waals surface area contributed by atoms with E-state index >= 15 is 0 Å². The molecule has 0 bridgehead atoms. The van der Waals surface area contributed by atoms with Gasteiger partial charge in [-0.15, -0.1) is 0 Å². The summed E-state index contributed by atoms with van der Waals surface area (Å²) in [6.07, 6.45) is 2.52. The molecule has 8 nitrogen and oxygen atoms in total. The molecule has 3 aliphatic heterocycles. The molecule has 0 N–H and O–H groups in total. The predicted molar refractivity (Wildman–Crippen MR) is 103 cm³/mol. The van der Waals surface area contributed by atoms with E-state index in [-0.39, 0.29) is 29.9 Å². The molecule has 28 heavy (non-hydrogen) atoms. The van der Waals surface area contributed by atoms with Crippen molar-refractivity contribution in [1.82, 2.24) is 14.7 Å². The molecule has 8 heteroatoms. The lowest BCUT2D eigenvalue weighted by Crippen LogP contribution is -2.53. The fourth-order valence-corrected chi connectivity index (χ4v) is 4.15. The van der Waals surface area contributed by atoms with Gasteiger partial charge >= 0.3 is 6.09 Å². The monoisotopic (exact) mass is 395 g/mol. The SMILES string of the molecule is CC(C)(C)OC(=O)N1CCC(C(=O)N2CCCC2C(=O)N2CCOCC2)CC1. The maximum absolute atomic E-state index is 13.1. The van der Waals surface area contributed by atoms with E-state index in [1.54, 1.807) is 9.80 Å². The van der Waals surface area contributed by atoms with Gasteiger partial charge in [-0.1, -0.05) is 0 Å². The quantitative estimate of drug-likeness (QED) is 0.708. The Balaban J connectivity index is 1.54. The highest BCUT2D eigenvalue weighted by Crippen LogP contribution is 2.27. The molecule has 158 valence electrons. The van der Waals surface area contributed by atoms with Crippen molar-refractivity contribution in [3.8, 4) is 0 Å². The summed E-state index contributed by atoms with van der Waals surface area (Å²) in [7, 11) is 0. The average Bonchev–Trinajstić information content (AvgIpc) is 3.16. The smallest absolute Gasteiger partial charge is 0.410 e. The van der Waals surface area contributed by atoms with Gasteiger partial charge in [0.2, 0.25) is 11.8 Å². The summed E-state index contributed by atoms with van der Waals surface area (Å²) in [6, 6.07) is -0.338. The number of piperidine rings is 1. The first-order chi connectivity index (χ1) is 13.3. The van der Waals surface area contributed by atoms with Crippen molar-refractivity contribution in [1.29, 1.82) is 0 Å². The van der Waals surface area contributed by atoms with Gasteiger partial charge in [-0.3, -0.25) is 9.59 Å². The van der Waals surface area contributed by atoms with Crippen molar-refractivity contribution in [2.75, 3.05) is 45.9 Å². The number of hydrogen-bond acceptors (Lipinski definition) is 5. The Labute approximate surface area is 167 Å². The van der Waals surface area contributed by atoms with Crippen molar-refractivity contribution in [3.63, 3.8) is 0 Å². The zero-order valence-corrected chi connectivity index (χ0v) is 17.3. The molecule has 0 radical (unpaired) electrons. The summed E-state index contributed by atoms with van der Waals surface area (Å²) >= 11 is 0.